The Kier molecular flexibility index (Phi) is 5.71. The molecule has 1 aromatic rings. The zero-order valence-electron chi connectivity index (χ0n) is 12.1. The molecule has 0 radical (unpaired) electrons. The molecule has 1 fully saturated rings. The van der Waals surface area contributed by atoms with Crippen molar-refractivity contribution in [3.8, 4) is 0 Å². The molecule has 0 N–H and O–H groups in total. The van der Waals surface area contributed by atoms with Crippen LogP contribution in [0.15, 0.2) is 18.2 Å². The SMILES string of the molecule is COC(=O)C1CCCN(S(=O)(=O)Cc2c(Cl)cccc2Cl)C1. The molecule has 2 rings (SSSR count). The number of carbonyl (C=O) groups excluding carboxylic acids is 1. The van der Waals surface area contributed by atoms with Gasteiger partial charge in [-0.15, -0.1) is 0 Å². The number of hydrogen-bond donors (Lipinski definition) is 0. The van der Waals surface area contributed by atoms with E-state index in [4.69, 9.17) is 27.9 Å². The highest BCUT2D eigenvalue weighted by Gasteiger charge is 2.33. The summed E-state index contributed by atoms with van der Waals surface area (Å²) >= 11 is 12.1. The molecule has 1 unspecified atom stereocenters. The van der Waals surface area contributed by atoms with E-state index in [1.807, 2.05) is 0 Å². The van der Waals surface area contributed by atoms with Gasteiger partial charge in [-0.1, -0.05) is 29.3 Å². The summed E-state index contributed by atoms with van der Waals surface area (Å²) in [6, 6.07) is 4.87. The van der Waals surface area contributed by atoms with E-state index in [-0.39, 0.29) is 18.3 Å². The monoisotopic (exact) mass is 365 g/mol. The van der Waals surface area contributed by atoms with Gasteiger partial charge in [0.2, 0.25) is 10.0 Å². The van der Waals surface area contributed by atoms with Gasteiger partial charge in [0.25, 0.3) is 0 Å². The highest BCUT2D eigenvalue weighted by atomic mass is 35.5. The quantitative estimate of drug-likeness (QED) is 0.769. The molecule has 0 aromatic heterocycles. The molecule has 1 atom stereocenters. The van der Waals surface area contributed by atoms with Crippen LogP contribution in [0.2, 0.25) is 10.0 Å². The van der Waals surface area contributed by atoms with Crippen LogP contribution in [-0.2, 0) is 25.3 Å². The Morgan fingerprint density at radius 3 is 2.59 bits per heavy atom. The third-order valence-electron chi connectivity index (χ3n) is 3.70. The maximum Gasteiger partial charge on any atom is 0.309 e. The zero-order valence-corrected chi connectivity index (χ0v) is 14.4. The van der Waals surface area contributed by atoms with Gasteiger partial charge in [-0.2, -0.15) is 0 Å². The van der Waals surface area contributed by atoms with Gasteiger partial charge in [-0.05, 0) is 25.0 Å². The fourth-order valence-electron chi connectivity index (χ4n) is 2.50. The number of methoxy groups -OCH3 is 1. The summed E-state index contributed by atoms with van der Waals surface area (Å²) in [5.41, 5.74) is 0.381. The Morgan fingerprint density at radius 1 is 1.36 bits per heavy atom. The first-order valence-corrected chi connectivity index (χ1v) is 9.20. The molecule has 1 saturated heterocycles. The number of piperidine rings is 1. The molecule has 8 heteroatoms. The summed E-state index contributed by atoms with van der Waals surface area (Å²) in [6.07, 6.45) is 1.25. The Bertz CT molecular complexity index is 643. The molecule has 1 aliphatic heterocycles. The number of ether oxygens (including phenoxy) is 1. The molecule has 1 aliphatic rings. The summed E-state index contributed by atoms with van der Waals surface area (Å²) in [6.45, 7) is 0.523. The minimum absolute atomic E-state index is 0.136. The molecule has 0 saturated carbocycles. The highest BCUT2D eigenvalue weighted by Crippen LogP contribution is 2.29. The second kappa shape index (κ2) is 7.17. The van der Waals surface area contributed by atoms with Crippen LogP contribution in [0.4, 0.5) is 0 Å². The van der Waals surface area contributed by atoms with E-state index in [0.29, 0.717) is 35.0 Å². The number of benzene rings is 1. The smallest absolute Gasteiger partial charge is 0.309 e. The minimum atomic E-state index is -3.60. The van der Waals surface area contributed by atoms with Crippen molar-refractivity contribution in [1.82, 2.24) is 4.31 Å². The van der Waals surface area contributed by atoms with Gasteiger partial charge in [0, 0.05) is 28.7 Å². The predicted octanol–water partition coefficient (Wildman–Crippen LogP) is 2.71. The van der Waals surface area contributed by atoms with Gasteiger partial charge in [0.15, 0.2) is 0 Å². The summed E-state index contributed by atoms with van der Waals surface area (Å²) in [5.74, 6) is -1.08. The Morgan fingerprint density at radius 2 is 2.00 bits per heavy atom. The normalized spacial score (nSPS) is 19.9. The maximum absolute atomic E-state index is 12.6. The van der Waals surface area contributed by atoms with Crippen LogP contribution in [0.3, 0.4) is 0 Å². The van der Waals surface area contributed by atoms with Gasteiger partial charge < -0.3 is 4.74 Å². The lowest BCUT2D eigenvalue weighted by atomic mass is 10.0. The van der Waals surface area contributed by atoms with Crippen molar-refractivity contribution in [2.75, 3.05) is 20.2 Å². The van der Waals surface area contributed by atoms with Gasteiger partial charge in [0.05, 0.1) is 18.8 Å². The van der Waals surface area contributed by atoms with E-state index >= 15 is 0 Å². The Balaban J connectivity index is 2.18. The molecule has 122 valence electrons. The van der Waals surface area contributed by atoms with Crippen LogP contribution >= 0.6 is 23.2 Å². The van der Waals surface area contributed by atoms with Crippen molar-refractivity contribution in [3.05, 3.63) is 33.8 Å². The number of nitrogens with zero attached hydrogens (tertiary/aromatic N) is 1. The fraction of sp³-hybridized carbons (Fsp3) is 0.500. The lowest BCUT2D eigenvalue weighted by molar-refractivity contribution is -0.146. The molecule has 0 amide bonds. The van der Waals surface area contributed by atoms with Crippen LogP contribution in [0.5, 0.6) is 0 Å². The Labute approximate surface area is 140 Å². The lowest BCUT2D eigenvalue weighted by Gasteiger charge is -2.30. The van der Waals surface area contributed by atoms with E-state index < -0.39 is 15.9 Å². The van der Waals surface area contributed by atoms with E-state index in [0.717, 1.165) is 0 Å². The summed E-state index contributed by atoms with van der Waals surface area (Å²) in [4.78, 5) is 11.6. The Hall–Kier alpha value is -0.820. The van der Waals surface area contributed by atoms with Crippen molar-refractivity contribution in [2.45, 2.75) is 18.6 Å². The van der Waals surface area contributed by atoms with Crippen molar-refractivity contribution < 1.29 is 17.9 Å². The third-order valence-corrected chi connectivity index (χ3v) is 6.18. The summed E-state index contributed by atoms with van der Waals surface area (Å²) in [7, 11) is -2.29. The zero-order chi connectivity index (χ0) is 16.3. The van der Waals surface area contributed by atoms with Crippen LogP contribution in [0, 0.1) is 5.92 Å². The van der Waals surface area contributed by atoms with Gasteiger partial charge >= 0.3 is 5.97 Å². The second-order valence-electron chi connectivity index (χ2n) is 5.18. The molecule has 5 nitrogen and oxygen atoms in total. The minimum Gasteiger partial charge on any atom is -0.469 e. The second-order valence-corrected chi connectivity index (χ2v) is 7.96. The molecule has 1 aromatic carbocycles. The van der Waals surface area contributed by atoms with Gasteiger partial charge in [-0.25, -0.2) is 12.7 Å². The largest absolute Gasteiger partial charge is 0.469 e. The van der Waals surface area contributed by atoms with Gasteiger partial charge in [-0.3, -0.25) is 4.79 Å². The van der Waals surface area contributed by atoms with Gasteiger partial charge in [0.1, 0.15) is 0 Å². The van der Waals surface area contributed by atoms with Crippen LogP contribution < -0.4 is 0 Å². The van der Waals surface area contributed by atoms with Crippen molar-refractivity contribution in [3.63, 3.8) is 0 Å². The molecule has 22 heavy (non-hydrogen) atoms. The number of hydrogen-bond acceptors (Lipinski definition) is 4. The third kappa shape index (κ3) is 3.93. The first-order valence-electron chi connectivity index (χ1n) is 6.83. The average molecular weight is 366 g/mol. The molecule has 0 bridgehead atoms. The highest BCUT2D eigenvalue weighted by molar-refractivity contribution is 7.88. The molecular formula is C14H17Cl2NO4S. The van der Waals surface area contributed by atoms with Crippen LogP contribution in [0.1, 0.15) is 18.4 Å². The van der Waals surface area contributed by atoms with E-state index in [9.17, 15) is 13.2 Å². The summed E-state index contributed by atoms with van der Waals surface area (Å²) < 4.78 is 31.2. The fourth-order valence-corrected chi connectivity index (χ4v) is 4.86. The molecule has 0 spiro atoms. The standard InChI is InChI=1S/C14H17Cl2NO4S/c1-21-14(18)10-4-3-7-17(8-10)22(19,20)9-11-12(15)5-2-6-13(11)16/h2,5-6,10H,3-4,7-9H2,1H3. The molecule has 1 heterocycles. The lowest BCUT2D eigenvalue weighted by Crippen LogP contribution is -2.43. The van der Waals surface area contributed by atoms with Crippen molar-refractivity contribution in [2.24, 2.45) is 5.92 Å². The number of esters is 1. The first-order chi connectivity index (χ1) is 10.3. The summed E-state index contributed by atoms with van der Waals surface area (Å²) in [5, 5.41) is 0.634. The van der Waals surface area contributed by atoms with Crippen LogP contribution in [0.25, 0.3) is 0 Å². The van der Waals surface area contributed by atoms with Crippen molar-refractivity contribution in [1.29, 1.82) is 0 Å². The van der Waals surface area contributed by atoms with Crippen LogP contribution in [-0.4, -0.2) is 38.9 Å². The average Bonchev–Trinajstić information content (AvgIpc) is 2.50. The van der Waals surface area contributed by atoms with Crippen molar-refractivity contribution >= 4 is 39.2 Å². The van der Waals surface area contributed by atoms with E-state index in [2.05, 4.69) is 0 Å². The number of rotatable bonds is 4. The molecular weight excluding hydrogens is 349 g/mol. The topological polar surface area (TPSA) is 63.7 Å². The predicted molar refractivity (Wildman–Crippen MR) is 85.4 cm³/mol. The number of sulfonamides is 1. The number of halogens is 2. The number of carbonyl (C=O) groups is 1. The molecule has 0 aliphatic carbocycles. The van der Waals surface area contributed by atoms with E-state index in [1.165, 1.54) is 11.4 Å². The van der Waals surface area contributed by atoms with E-state index in [1.54, 1.807) is 18.2 Å². The first kappa shape index (κ1) is 17.5. The maximum atomic E-state index is 12.6.